The van der Waals surface area contributed by atoms with Crippen molar-refractivity contribution in [2.45, 2.75) is 63.8 Å². The number of rotatable bonds is 7. The van der Waals surface area contributed by atoms with Crippen LogP contribution in [-0.2, 0) is 10.0 Å². The van der Waals surface area contributed by atoms with Gasteiger partial charge in [0.05, 0.1) is 0 Å². The van der Waals surface area contributed by atoms with E-state index in [0.29, 0.717) is 24.0 Å². The molecule has 6 nitrogen and oxygen atoms in total. The van der Waals surface area contributed by atoms with Gasteiger partial charge in [0.25, 0.3) is 0 Å². The Morgan fingerprint density at radius 3 is 2.77 bits per heavy atom. The lowest BCUT2D eigenvalue weighted by atomic mass is 10.00. The highest BCUT2D eigenvalue weighted by Gasteiger charge is 2.24. The first-order chi connectivity index (χ1) is 10.5. The molecule has 0 aliphatic carbocycles. The summed E-state index contributed by atoms with van der Waals surface area (Å²) in [5.74, 6) is 0.340. The number of nitrogens with zero attached hydrogens (tertiary/aromatic N) is 2. The Morgan fingerprint density at radius 1 is 1.36 bits per heavy atom. The van der Waals surface area contributed by atoms with E-state index in [0.717, 1.165) is 19.5 Å². The lowest BCUT2D eigenvalue weighted by Gasteiger charge is -2.35. The zero-order valence-electron chi connectivity index (χ0n) is 13.8. The first-order valence-electron chi connectivity index (χ1n) is 8.12. The maximum atomic E-state index is 12.3. The molecule has 2 heterocycles. The van der Waals surface area contributed by atoms with Crippen molar-refractivity contribution in [3.05, 3.63) is 11.5 Å². The van der Waals surface area contributed by atoms with E-state index in [9.17, 15) is 8.42 Å². The lowest BCUT2D eigenvalue weighted by Crippen LogP contribution is -2.40. The fourth-order valence-corrected chi connectivity index (χ4v) is 4.64. The van der Waals surface area contributed by atoms with Crippen LogP contribution in [0.5, 0.6) is 0 Å². The van der Waals surface area contributed by atoms with Gasteiger partial charge >= 0.3 is 0 Å². The molecule has 0 radical (unpaired) electrons. The fraction of sp³-hybridized carbons (Fsp3) is 0.800. The van der Waals surface area contributed by atoms with Crippen LogP contribution in [0.15, 0.2) is 9.42 Å². The zero-order valence-corrected chi connectivity index (χ0v) is 14.6. The van der Waals surface area contributed by atoms with E-state index >= 15 is 0 Å². The molecule has 1 aliphatic rings. The van der Waals surface area contributed by atoms with Crippen LogP contribution in [0.25, 0.3) is 0 Å². The third kappa shape index (κ3) is 4.08. The second kappa shape index (κ2) is 7.57. The van der Waals surface area contributed by atoms with E-state index in [-0.39, 0.29) is 4.90 Å². The van der Waals surface area contributed by atoms with Crippen LogP contribution >= 0.6 is 0 Å². The van der Waals surface area contributed by atoms with Gasteiger partial charge in [-0.15, -0.1) is 0 Å². The van der Waals surface area contributed by atoms with Crippen molar-refractivity contribution in [3.63, 3.8) is 0 Å². The number of hydrogen-bond acceptors (Lipinski definition) is 5. The van der Waals surface area contributed by atoms with Gasteiger partial charge in [-0.25, -0.2) is 13.1 Å². The van der Waals surface area contributed by atoms with E-state index in [4.69, 9.17) is 4.52 Å². The van der Waals surface area contributed by atoms with Crippen LogP contribution in [0, 0.1) is 13.8 Å². The monoisotopic (exact) mass is 329 g/mol. The normalized spacial score (nSPS) is 20.4. The summed E-state index contributed by atoms with van der Waals surface area (Å²) >= 11 is 0. The second-order valence-corrected chi connectivity index (χ2v) is 7.70. The van der Waals surface area contributed by atoms with Gasteiger partial charge in [0, 0.05) is 12.6 Å². The summed E-state index contributed by atoms with van der Waals surface area (Å²) in [4.78, 5) is 2.67. The number of piperidine rings is 1. The highest BCUT2D eigenvalue weighted by Crippen LogP contribution is 2.20. The molecule has 7 heteroatoms. The average molecular weight is 329 g/mol. The topological polar surface area (TPSA) is 75.4 Å². The highest BCUT2D eigenvalue weighted by molar-refractivity contribution is 7.89. The number of nitrogens with one attached hydrogen (secondary N) is 1. The van der Waals surface area contributed by atoms with Gasteiger partial charge in [0.2, 0.25) is 10.0 Å². The van der Waals surface area contributed by atoms with Crippen LogP contribution in [0.1, 0.15) is 50.5 Å². The van der Waals surface area contributed by atoms with E-state index in [1.807, 2.05) is 0 Å². The molecule has 0 aromatic carbocycles. The molecule has 0 amide bonds. The predicted molar refractivity (Wildman–Crippen MR) is 85.3 cm³/mol. The molecule has 1 unspecified atom stereocenters. The molecule has 1 N–H and O–H groups in total. The molecule has 2 rings (SSSR count). The maximum absolute atomic E-state index is 12.3. The summed E-state index contributed by atoms with van der Waals surface area (Å²) in [7, 11) is -3.53. The largest absolute Gasteiger partial charge is 0.360 e. The highest BCUT2D eigenvalue weighted by atomic mass is 32.2. The molecular formula is C15H27N3O3S. The number of sulfonamides is 1. The number of aromatic nitrogens is 1. The minimum absolute atomic E-state index is 0.178. The molecule has 1 fully saturated rings. The Morgan fingerprint density at radius 2 is 2.14 bits per heavy atom. The van der Waals surface area contributed by atoms with E-state index in [1.165, 1.54) is 25.7 Å². The molecule has 126 valence electrons. The predicted octanol–water partition coefficient (Wildman–Crippen LogP) is 2.22. The third-order valence-corrected chi connectivity index (χ3v) is 6.08. The summed E-state index contributed by atoms with van der Waals surface area (Å²) < 4.78 is 32.2. The van der Waals surface area contributed by atoms with Crippen molar-refractivity contribution in [3.8, 4) is 0 Å². The summed E-state index contributed by atoms with van der Waals surface area (Å²) in [6, 6.07) is 0.660. The van der Waals surface area contributed by atoms with Crippen LogP contribution in [-0.4, -0.2) is 44.2 Å². The summed E-state index contributed by atoms with van der Waals surface area (Å²) in [6.07, 6.45) is 5.82. The fourth-order valence-electron chi connectivity index (χ4n) is 3.24. The van der Waals surface area contributed by atoms with Gasteiger partial charge in [-0.3, -0.25) is 0 Å². The van der Waals surface area contributed by atoms with E-state index in [2.05, 4.69) is 21.7 Å². The minimum atomic E-state index is -3.53. The quantitative estimate of drug-likeness (QED) is 0.776. The first kappa shape index (κ1) is 17.4. The van der Waals surface area contributed by atoms with Crippen LogP contribution in [0.2, 0.25) is 0 Å². The molecule has 0 saturated carbocycles. The SMILES string of the molecule is CCC1CCCCN1CCCNS(=O)(=O)c1c(C)noc1C. The molecule has 1 saturated heterocycles. The van der Waals surface area contributed by atoms with Gasteiger partial charge in [-0.2, -0.15) is 0 Å². The molecule has 1 aromatic rings. The van der Waals surface area contributed by atoms with Gasteiger partial charge in [0.15, 0.2) is 5.76 Å². The molecule has 22 heavy (non-hydrogen) atoms. The van der Waals surface area contributed by atoms with E-state index in [1.54, 1.807) is 13.8 Å². The van der Waals surface area contributed by atoms with Crippen molar-refractivity contribution in [1.82, 2.24) is 14.8 Å². The Balaban J connectivity index is 1.83. The summed E-state index contributed by atoms with van der Waals surface area (Å²) in [6.45, 7) is 8.01. The maximum Gasteiger partial charge on any atom is 0.245 e. The van der Waals surface area contributed by atoms with Gasteiger partial charge in [-0.1, -0.05) is 18.5 Å². The zero-order chi connectivity index (χ0) is 16.2. The second-order valence-electron chi connectivity index (χ2n) is 6.00. The Hall–Kier alpha value is -0.920. The standard InChI is InChI=1S/C15H27N3O3S/c1-4-14-8-5-6-10-18(14)11-7-9-16-22(19,20)15-12(2)17-21-13(15)3/h14,16H,4-11H2,1-3H3. The molecule has 1 atom stereocenters. The summed E-state index contributed by atoms with van der Waals surface area (Å²) in [5.41, 5.74) is 0.409. The number of likely N-dealkylation sites (tertiary alicyclic amines) is 1. The average Bonchev–Trinajstić information content (AvgIpc) is 2.84. The van der Waals surface area contributed by atoms with Gasteiger partial charge in [0.1, 0.15) is 10.6 Å². The van der Waals surface area contributed by atoms with Crippen molar-refractivity contribution < 1.29 is 12.9 Å². The summed E-state index contributed by atoms with van der Waals surface area (Å²) in [5, 5.41) is 3.70. The molecule has 0 bridgehead atoms. The number of hydrogen-bond donors (Lipinski definition) is 1. The van der Waals surface area contributed by atoms with E-state index < -0.39 is 10.0 Å². The molecule has 0 spiro atoms. The van der Waals surface area contributed by atoms with Crippen molar-refractivity contribution in [2.75, 3.05) is 19.6 Å². The molecular weight excluding hydrogens is 302 g/mol. The Labute approximate surface area is 133 Å². The van der Waals surface area contributed by atoms with Crippen molar-refractivity contribution in [2.24, 2.45) is 0 Å². The Bertz CT molecular complexity index is 563. The lowest BCUT2D eigenvalue weighted by molar-refractivity contribution is 0.143. The van der Waals surface area contributed by atoms with Gasteiger partial charge < -0.3 is 9.42 Å². The molecule has 1 aromatic heterocycles. The smallest absolute Gasteiger partial charge is 0.245 e. The van der Waals surface area contributed by atoms with Crippen LogP contribution in [0.4, 0.5) is 0 Å². The minimum Gasteiger partial charge on any atom is -0.360 e. The van der Waals surface area contributed by atoms with Crippen molar-refractivity contribution in [1.29, 1.82) is 0 Å². The first-order valence-corrected chi connectivity index (χ1v) is 9.60. The third-order valence-electron chi connectivity index (χ3n) is 4.37. The van der Waals surface area contributed by atoms with Crippen molar-refractivity contribution >= 4 is 10.0 Å². The Kier molecular flexibility index (Phi) is 6.00. The van der Waals surface area contributed by atoms with Gasteiger partial charge in [-0.05, 0) is 52.6 Å². The van der Waals surface area contributed by atoms with Crippen LogP contribution < -0.4 is 4.72 Å². The molecule has 1 aliphatic heterocycles. The number of aryl methyl sites for hydroxylation is 2. The van der Waals surface area contributed by atoms with Crippen LogP contribution in [0.3, 0.4) is 0 Å².